The highest BCUT2D eigenvalue weighted by Gasteiger charge is 2.38. The smallest absolute Gasteiger partial charge is 0.256 e. The van der Waals surface area contributed by atoms with Crippen molar-refractivity contribution < 1.29 is 9.32 Å². The van der Waals surface area contributed by atoms with Gasteiger partial charge in [0.15, 0.2) is 0 Å². The van der Waals surface area contributed by atoms with Gasteiger partial charge < -0.3 is 9.42 Å². The highest BCUT2D eigenvalue weighted by molar-refractivity contribution is 6.31. The zero-order chi connectivity index (χ0) is 20.7. The maximum Gasteiger partial charge on any atom is 0.256 e. The number of rotatable bonds is 4. The third-order valence-corrected chi connectivity index (χ3v) is 5.69. The first kappa shape index (κ1) is 18.5. The number of carbonyl (C=O) groups excluding carboxylic acids is 1. The van der Waals surface area contributed by atoms with E-state index in [9.17, 15) is 4.79 Å². The Morgan fingerprint density at radius 2 is 1.93 bits per heavy atom. The van der Waals surface area contributed by atoms with Crippen LogP contribution in [0.5, 0.6) is 0 Å². The first-order chi connectivity index (χ1) is 14.6. The van der Waals surface area contributed by atoms with Crippen molar-refractivity contribution in [2.75, 3.05) is 6.54 Å². The lowest BCUT2D eigenvalue weighted by molar-refractivity contribution is 0.0378. The Balaban J connectivity index is 1.42. The van der Waals surface area contributed by atoms with Gasteiger partial charge in [-0.05, 0) is 37.1 Å². The molecule has 0 bridgehead atoms. The van der Waals surface area contributed by atoms with Crippen LogP contribution in [0.4, 0.5) is 0 Å². The van der Waals surface area contributed by atoms with Crippen molar-refractivity contribution in [1.29, 1.82) is 0 Å². The molecule has 0 aliphatic carbocycles. The SMILES string of the molecule is Cc1c(Cl)cccc1-c1noc([C@@H]2CCN2C(=O)c2ccccc2-n2nccn2)n1. The Hall–Kier alpha value is -3.52. The molecule has 4 aromatic rings. The number of benzene rings is 2. The standard InChI is InChI=1S/C21H17ClN6O2/c1-13-14(6-4-7-16(13)22)19-25-20(30-26-19)18-9-12-27(18)21(29)15-5-2-3-8-17(15)28-23-10-11-24-28/h2-8,10-11,18H,9,12H2,1H3/t18-/m0/s1. The van der Waals surface area contributed by atoms with E-state index in [4.69, 9.17) is 16.1 Å². The zero-order valence-electron chi connectivity index (χ0n) is 16.1. The Kier molecular flexibility index (Phi) is 4.55. The maximum absolute atomic E-state index is 13.3. The fraction of sp³-hybridized carbons (Fsp3) is 0.190. The molecule has 0 unspecified atom stereocenters. The lowest BCUT2D eigenvalue weighted by atomic mass is 10.0. The molecule has 1 aliphatic rings. The van der Waals surface area contributed by atoms with E-state index >= 15 is 0 Å². The van der Waals surface area contributed by atoms with Crippen molar-refractivity contribution in [3.05, 3.63) is 76.9 Å². The molecule has 150 valence electrons. The van der Waals surface area contributed by atoms with Gasteiger partial charge in [-0.25, -0.2) is 0 Å². The largest absolute Gasteiger partial charge is 0.337 e. The lowest BCUT2D eigenvalue weighted by Gasteiger charge is -2.38. The molecular weight excluding hydrogens is 404 g/mol. The third kappa shape index (κ3) is 3.05. The minimum absolute atomic E-state index is 0.127. The highest BCUT2D eigenvalue weighted by atomic mass is 35.5. The van der Waals surface area contributed by atoms with Gasteiger partial charge in [0.2, 0.25) is 11.7 Å². The van der Waals surface area contributed by atoms with E-state index in [1.165, 1.54) is 4.80 Å². The highest BCUT2D eigenvalue weighted by Crippen LogP contribution is 2.36. The van der Waals surface area contributed by atoms with Crippen molar-refractivity contribution in [2.24, 2.45) is 0 Å². The predicted molar refractivity (Wildman–Crippen MR) is 109 cm³/mol. The Bertz CT molecular complexity index is 1220. The third-order valence-electron chi connectivity index (χ3n) is 5.28. The van der Waals surface area contributed by atoms with Gasteiger partial charge in [0.1, 0.15) is 6.04 Å². The number of hydrogen-bond acceptors (Lipinski definition) is 6. The van der Waals surface area contributed by atoms with Crippen molar-refractivity contribution >= 4 is 17.5 Å². The van der Waals surface area contributed by atoms with Gasteiger partial charge in [-0.1, -0.05) is 41.0 Å². The van der Waals surface area contributed by atoms with E-state index in [0.717, 1.165) is 17.5 Å². The van der Waals surface area contributed by atoms with Gasteiger partial charge in [0.05, 0.1) is 23.6 Å². The molecule has 30 heavy (non-hydrogen) atoms. The van der Waals surface area contributed by atoms with Crippen LogP contribution >= 0.6 is 11.6 Å². The molecule has 1 aliphatic heterocycles. The zero-order valence-corrected chi connectivity index (χ0v) is 16.8. The minimum Gasteiger partial charge on any atom is -0.337 e. The van der Waals surface area contributed by atoms with Crippen LogP contribution in [-0.2, 0) is 0 Å². The molecule has 1 fully saturated rings. The van der Waals surface area contributed by atoms with Crippen LogP contribution in [0.2, 0.25) is 5.02 Å². The molecule has 1 saturated heterocycles. The molecule has 0 N–H and O–H groups in total. The summed E-state index contributed by atoms with van der Waals surface area (Å²) in [6, 6.07) is 12.5. The van der Waals surface area contributed by atoms with Gasteiger partial charge in [-0.15, -0.1) is 0 Å². The Morgan fingerprint density at radius 3 is 2.70 bits per heavy atom. The van der Waals surface area contributed by atoms with Crippen molar-refractivity contribution in [1.82, 2.24) is 30.0 Å². The monoisotopic (exact) mass is 420 g/mol. The molecule has 5 rings (SSSR count). The first-order valence-corrected chi connectivity index (χ1v) is 9.87. The second-order valence-corrected chi connectivity index (χ2v) is 7.41. The second kappa shape index (κ2) is 7.38. The number of amides is 1. The first-order valence-electron chi connectivity index (χ1n) is 9.49. The topological polar surface area (TPSA) is 89.9 Å². The van der Waals surface area contributed by atoms with E-state index in [2.05, 4.69) is 20.3 Å². The average molecular weight is 421 g/mol. The number of halogens is 1. The second-order valence-electron chi connectivity index (χ2n) is 7.01. The quantitative estimate of drug-likeness (QED) is 0.498. The molecule has 0 saturated carbocycles. The summed E-state index contributed by atoms with van der Waals surface area (Å²) >= 11 is 6.21. The molecule has 2 aromatic carbocycles. The summed E-state index contributed by atoms with van der Waals surface area (Å²) in [7, 11) is 0. The van der Waals surface area contributed by atoms with E-state index in [-0.39, 0.29) is 11.9 Å². The molecule has 3 heterocycles. The predicted octanol–water partition coefficient (Wildman–Crippen LogP) is 3.87. The van der Waals surface area contributed by atoms with Gasteiger partial charge >= 0.3 is 0 Å². The molecule has 2 aromatic heterocycles. The van der Waals surface area contributed by atoms with Gasteiger partial charge in [0, 0.05) is 17.1 Å². The molecule has 8 nitrogen and oxygen atoms in total. The number of hydrogen-bond donors (Lipinski definition) is 0. The summed E-state index contributed by atoms with van der Waals surface area (Å²) in [4.78, 5) is 21.0. The molecule has 0 spiro atoms. The molecular formula is C21H17ClN6O2. The van der Waals surface area contributed by atoms with Crippen LogP contribution in [0.15, 0.2) is 59.4 Å². The number of aromatic nitrogens is 5. The van der Waals surface area contributed by atoms with Crippen LogP contribution in [0, 0.1) is 6.92 Å². The van der Waals surface area contributed by atoms with Crippen LogP contribution in [0.25, 0.3) is 17.1 Å². The summed E-state index contributed by atoms with van der Waals surface area (Å²) < 4.78 is 5.51. The van der Waals surface area contributed by atoms with Gasteiger partial charge in [0.25, 0.3) is 5.91 Å². The number of para-hydroxylation sites is 1. The van der Waals surface area contributed by atoms with E-state index in [1.807, 2.05) is 43.3 Å². The average Bonchev–Trinajstić information content (AvgIpc) is 3.42. The molecule has 0 radical (unpaired) electrons. The summed E-state index contributed by atoms with van der Waals surface area (Å²) in [5.41, 5.74) is 2.83. The fourth-order valence-corrected chi connectivity index (χ4v) is 3.72. The summed E-state index contributed by atoms with van der Waals surface area (Å²) in [5, 5.41) is 13.0. The Morgan fingerprint density at radius 1 is 1.13 bits per heavy atom. The van der Waals surface area contributed by atoms with E-state index in [0.29, 0.717) is 34.5 Å². The van der Waals surface area contributed by atoms with Crippen LogP contribution in [-0.4, -0.2) is 42.5 Å². The molecule has 1 atom stereocenters. The van der Waals surface area contributed by atoms with Crippen molar-refractivity contribution in [3.63, 3.8) is 0 Å². The van der Waals surface area contributed by atoms with Crippen molar-refractivity contribution in [2.45, 2.75) is 19.4 Å². The molecule has 1 amide bonds. The van der Waals surface area contributed by atoms with E-state index < -0.39 is 0 Å². The summed E-state index contributed by atoms with van der Waals surface area (Å²) in [6.07, 6.45) is 3.90. The fourth-order valence-electron chi connectivity index (χ4n) is 3.54. The van der Waals surface area contributed by atoms with Gasteiger partial charge in [-0.3, -0.25) is 4.79 Å². The number of carbonyl (C=O) groups is 1. The van der Waals surface area contributed by atoms with Gasteiger partial charge in [-0.2, -0.15) is 20.0 Å². The normalized spacial score (nSPS) is 15.8. The van der Waals surface area contributed by atoms with E-state index in [1.54, 1.807) is 23.4 Å². The Labute approximate surface area is 177 Å². The van der Waals surface area contributed by atoms with Crippen molar-refractivity contribution in [3.8, 4) is 17.1 Å². The summed E-state index contributed by atoms with van der Waals surface area (Å²) in [5.74, 6) is 0.752. The number of nitrogens with zero attached hydrogens (tertiary/aromatic N) is 6. The number of likely N-dealkylation sites (tertiary alicyclic amines) is 1. The maximum atomic E-state index is 13.3. The van der Waals surface area contributed by atoms with Crippen LogP contribution in [0.3, 0.4) is 0 Å². The summed E-state index contributed by atoms with van der Waals surface area (Å²) in [6.45, 7) is 2.52. The minimum atomic E-state index is -0.267. The lowest BCUT2D eigenvalue weighted by Crippen LogP contribution is -2.45. The van der Waals surface area contributed by atoms with Crippen LogP contribution in [0.1, 0.15) is 34.3 Å². The molecule has 9 heteroatoms. The van der Waals surface area contributed by atoms with Crippen LogP contribution < -0.4 is 0 Å².